The van der Waals surface area contributed by atoms with Crippen LogP contribution in [0.5, 0.6) is 0 Å². The third kappa shape index (κ3) is 7.89. The van der Waals surface area contributed by atoms with Crippen molar-refractivity contribution < 1.29 is 18.0 Å². The average molecular weight is 583 g/mol. The van der Waals surface area contributed by atoms with Crippen LogP contribution < -0.4 is 9.62 Å². The molecule has 2 amide bonds. The van der Waals surface area contributed by atoms with E-state index in [0.29, 0.717) is 27.1 Å². The number of anilines is 1. The smallest absolute Gasteiger partial charge is 0.244 e. The maximum Gasteiger partial charge on any atom is 0.244 e. The number of nitrogens with one attached hydrogen (secondary N) is 1. The lowest BCUT2D eigenvalue weighted by Crippen LogP contribution is -2.52. The van der Waals surface area contributed by atoms with Crippen molar-refractivity contribution in [3.63, 3.8) is 0 Å². The average Bonchev–Trinajstić information content (AvgIpc) is 2.76. The second-order valence-corrected chi connectivity index (χ2v) is 11.6. The maximum atomic E-state index is 13.6. The van der Waals surface area contributed by atoms with Gasteiger partial charge in [-0.2, -0.15) is 0 Å². The van der Waals surface area contributed by atoms with Gasteiger partial charge in [-0.3, -0.25) is 13.9 Å². The highest BCUT2D eigenvalue weighted by Crippen LogP contribution is 2.31. The van der Waals surface area contributed by atoms with Crippen molar-refractivity contribution in [2.75, 3.05) is 17.1 Å². The van der Waals surface area contributed by atoms with E-state index in [-0.39, 0.29) is 23.3 Å². The summed E-state index contributed by atoms with van der Waals surface area (Å²) >= 11 is 24.8. The summed E-state index contributed by atoms with van der Waals surface area (Å²) in [4.78, 5) is 27.7. The molecule has 0 heterocycles. The molecule has 1 N–H and O–H groups in total. The second kappa shape index (κ2) is 12.5. The maximum absolute atomic E-state index is 13.6. The van der Waals surface area contributed by atoms with Crippen LogP contribution >= 0.6 is 46.4 Å². The van der Waals surface area contributed by atoms with E-state index in [9.17, 15) is 18.0 Å². The lowest BCUT2D eigenvalue weighted by atomic mass is 10.1. The molecule has 0 aliphatic heterocycles. The van der Waals surface area contributed by atoms with Crippen LogP contribution in [0.2, 0.25) is 20.1 Å². The number of rotatable bonds is 10. The molecule has 12 heteroatoms. The van der Waals surface area contributed by atoms with Crippen molar-refractivity contribution in [2.45, 2.75) is 45.8 Å². The predicted octanol–water partition coefficient (Wildman–Crippen LogP) is 5.40. The lowest BCUT2D eigenvalue weighted by molar-refractivity contribution is -0.139. The van der Waals surface area contributed by atoms with E-state index in [1.165, 1.54) is 23.1 Å². The van der Waals surface area contributed by atoms with Gasteiger partial charge in [-0.1, -0.05) is 59.4 Å². The van der Waals surface area contributed by atoms with Crippen LogP contribution in [0.1, 0.15) is 32.8 Å². The number of sulfonamides is 1. The third-order valence-corrected chi connectivity index (χ3v) is 7.79. The predicted molar refractivity (Wildman–Crippen MR) is 143 cm³/mol. The molecule has 0 aliphatic rings. The molecule has 0 aliphatic carbocycles. The number of nitrogens with zero attached hydrogens (tertiary/aromatic N) is 2. The van der Waals surface area contributed by atoms with E-state index >= 15 is 0 Å². The summed E-state index contributed by atoms with van der Waals surface area (Å²) in [6.45, 7) is 4.60. The number of amides is 2. The quantitative estimate of drug-likeness (QED) is 0.406. The summed E-state index contributed by atoms with van der Waals surface area (Å²) in [5, 5.41) is 3.83. The zero-order valence-electron chi connectivity index (χ0n) is 19.7. The van der Waals surface area contributed by atoms with E-state index in [1.54, 1.807) is 25.1 Å². The van der Waals surface area contributed by atoms with Crippen LogP contribution in [0.25, 0.3) is 0 Å². The molecule has 2 aromatic rings. The molecule has 0 spiro atoms. The first-order chi connectivity index (χ1) is 16.3. The minimum absolute atomic E-state index is 0.0546. The van der Waals surface area contributed by atoms with Gasteiger partial charge in [-0.25, -0.2) is 8.42 Å². The fourth-order valence-corrected chi connectivity index (χ4v) is 5.12. The Morgan fingerprint density at radius 1 is 1.00 bits per heavy atom. The molecule has 0 unspecified atom stereocenters. The largest absolute Gasteiger partial charge is 0.352 e. The van der Waals surface area contributed by atoms with Gasteiger partial charge in [0.1, 0.15) is 12.6 Å². The Morgan fingerprint density at radius 2 is 1.60 bits per heavy atom. The molecule has 2 rings (SSSR count). The summed E-state index contributed by atoms with van der Waals surface area (Å²) in [5.74, 6) is -1.05. The van der Waals surface area contributed by atoms with E-state index in [4.69, 9.17) is 46.4 Å². The van der Waals surface area contributed by atoms with Gasteiger partial charge >= 0.3 is 0 Å². The SMILES string of the molecule is CC[C@@H](C)NC(=O)[C@@H](C)N(Cc1c(Cl)cccc1Cl)C(=O)CN(c1ccc(Cl)cc1Cl)S(C)(=O)=O. The summed E-state index contributed by atoms with van der Waals surface area (Å²) < 4.78 is 26.1. The van der Waals surface area contributed by atoms with Crippen molar-refractivity contribution in [3.8, 4) is 0 Å². The van der Waals surface area contributed by atoms with Gasteiger partial charge in [0.05, 0.1) is 17.0 Å². The molecule has 2 atom stereocenters. The molecule has 0 saturated carbocycles. The molecule has 7 nitrogen and oxygen atoms in total. The minimum Gasteiger partial charge on any atom is -0.352 e. The monoisotopic (exact) mass is 581 g/mol. The zero-order valence-corrected chi connectivity index (χ0v) is 23.5. The van der Waals surface area contributed by atoms with Crippen molar-refractivity contribution in [1.29, 1.82) is 0 Å². The van der Waals surface area contributed by atoms with Gasteiger partial charge in [-0.05, 0) is 50.6 Å². The zero-order chi connectivity index (χ0) is 26.5. The molecule has 2 aromatic carbocycles. The van der Waals surface area contributed by atoms with Crippen LogP contribution in [0, 0.1) is 0 Å². The molecular formula is C23H27Cl4N3O4S. The highest BCUT2D eigenvalue weighted by atomic mass is 35.5. The third-order valence-electron chi connectivity index (χ3n) is 5.42. The van der Waals surface area contributed by atoms with E-state index < -0.39 is 34.4 Å². The molecule has 0 bridgehead atoms. The van der Waals surface area contributed by atoms with Crippen LogP contribution in [0.15, 0.2) is 36.4 Å². The number of carbonyl (C=O) groups is 2. The minimum atomic E-state index is -3.93. The van der Waals surface area contributed by atoms with Gasteiger partial charge in [0.15, 0.2) is 0 Å². The highest BCUT2D eigenvalue weighted by molar-refractivity contribution is 7.92. The number of hydrogen-bond donors (Lipinski definition) is 1. The molecule has 0 aromatic heterocycles. The Kier molecular flexibility index (Phi) is 10.5. The molecule has 0 radical (unpaired) electrons. The summed E-state index contributed by atoms with van der Waals surface area (Å²) in [7, 11) is -3.93. The molecular weight excluding hydrogens is 556 g/mol. The van der Waals surface area contributed by atoms with Crippen molar-refractivity contribution in [1.82, 2.24) is 10.2 Å². The summed E-state index contributed by atoms with van der Waals surface area (Å²) in [5.41, 5.74) is 0.516. The van der Waals surface area contributed by atoms with Crippen LogP contribution in [0.4, 0.5) is 5.69 Å². The van der Waals surface area contributed by atoms with E-state index in [2.05, 4.69) is 5.32 Å². The number of carbonyl (C=O) groups excluding carboxylic acids is 2. The van der Waals surface area contributed by atoms with Gasteiger partial charge in [-0.15, -0.1) is 0 Å². The van der Waals surface area contributed by atoms with Gasteiger partial charge in [0, 0.05) is 33.2 Å². The Morgan fingerprint density at radius 3 is 2.11 bits per heavy atom. The Balaban J connectivity index is 2.48. The second-order valence-electron chi connectivity index (χ2n) is 8.08. The first-order valence-electron chi connectivity index (χ1n) is 10.7. The van der Waals surface area contributed by atoms with E-state index in [1.807, 2.05) is 13.8 Å². The topological polar surface area (TPSA) is 86.8 Å². The standard InChI is InChI=1S/C23H27Cl4N3O4S/c1-5-14(2)28-23(32)15(3)29(12-17-18(25)7-6-8-19(17)26)22(31)13-30(35(4,33)34)21-10-9-16(24)11-20(21)27/h6-11,14-15H,5,12-13H2,1-4H3,(H,28,32)/t14-,15-/m1/s1. The fraction of sp³-hybridized carbons (Fsp3) is 0.391. The molecule has 0 saturated heterocycles. The lowest BCUT2D eigenvalue weighted by Gasteiger charge is -2.32. The Bertz CT molecular complexity index is 1170. The number of hydrogen-bond acceptors (Lipinski definition) is 4. The first-order valence-corrected chi connectivity index (χ1v) is 14.1. The Labute approximate surface area is 226 Å². The molecule has 35 heavy (non-hydrogen) atoms. The van der Waals surface area contributed by atoms with Gasteiger partial charge in [0.25, 0.3) is 0 Å². The number of halogens is 4. The fourth-order valence-electron chi connectivity index (χ4n) is 3.18. The highest BCUT2D eigenvalue weighted by Gasteiger charge is 2.32. The normalized spacial score (nSPS) is 13.1. The van der Waals surface area contributed by atoms with Crippen molar-refractivity contribution in [3.05, 3.63) is 62.1 Å². The molecule has 0 fully saturated rings. The van der Waals surface area contributed by atoms with Crippen LogP contribution in [-0.4, -0.2) is 50.0 Å². The van der Waals surface area contributed by atoms with Crippen LogP contribution in [0.3, 0.4) is 0 Å². The Hall–Kier alpha value is -1.71. The van der Waals surface area contributed by atoms with E-state index in [0.717, 1.165) is 10.6 Å². The van der Waals surface area contributed by atoms with Crippen LogP contribution in [-0.2, 0) is 26.2 Å². The first kappa shape index (κ1) is 29.5. The molecule has 192 valence electrons. The van der Waals surface area contributed by atoms with Crippen molar-refractivity contribution >= 4 is 73.9 Å². The van der Waals surface area contributed by atoms with Gasteiger partial charge < -0.3 is 10.2 Å². The summed E-state index contributed by atoms with van der Waals surface area (Å²) in [6.07, 6.45) is 1.65. The number of benzene rings is 2. The van der Waals surface area contributed by atoms with Crippen molar-refractivity contribution in [2.24, 2.45) is 0 Å². The summed E-state index contributed by atoms with van der Waals surface area (Å²) in [6, 6.07) is 8.08. The van der Waals surface area contributed by atoms with Gasteiger partial charge in [0.2, 0.25) is 21.8 Å².